The van der Waals surface area contributed by atoms with Crippen molar-refractivity contribution in [3.05, 3.63) is 82.4 Å². The fourth-order valence-corrected chi connectivity index (χ4v) is 3.96. The van der Waals surface area contributed by atoms with Crippen LogP contribution in [-0.4, -0.2) is 23.9 Å². The van der Waals surface area contributed by atoms with Crippen molar-refractivity contribution in [2.45, 2.75) is 11.4 Å². The van der Waals surface area contributed by atoms with Crippen molar-refractivity contribution in [2.75, 3.05) is 0 Å². The number of hydrogen-bond donors (Lipinski definition) is 1. The van der Waals surface area contributed by atoms with Crippen LogP contribution in [0.15, 0.2) is 66.0 Å². The fraction of sp³-hybridized carbons (Fsp3) is 0.0588. The molecule has 3 aromatic rings. The monoisotopic (exact) mass is 409 g/mol. The lowest BCUT2D eigenvalue weighted by Gasteiger charge is -2.07. The maximum Gasteiger partial charge on any atom is 0.285 e. The predicted octanol–water partition coefficient (Wildman–Crippen LogP) is 3.36. The van der Waals surface area contributed by atoms with Crippen LogP contribution in [0.5, 0.6) is 0 Å². The minimum absolute atomic E-state index is 0.0250. The normalized spacial score (nSPS) is 11.3. The SMILES string of the molecule is O=C(NS(=O)(=O)c1ccccc1Cl)c1cn(Cc2ccccc2Cl)cn1. The lowest BCUT2D eigenvalue weighted by atomic mass is 10.2. The molecule has 0 spiro atoms. The van der Waals surface area contributed by atoms with Crippen LogP contribution in [-0.2, 0) is 16.6 Å². The molecule has 0 aliphatic carbocycles. The highest BCUT2D eigenvalue weighted by Crippen LogP contribution is 2.20. The number of carbonyl (C=O) groups is 1. The molecule has 0 unspecified atom stereocenters. The Kier molecular flexibility index (Phi) is 5.31. The molecule has 0 fully saturated rings. The second-order valence-electron chi connectivity index (χ2n) is 5.39. The Balaban J connectivity index is 1.76. The predicted molar refractivity (Wildman–Crippen MR) is 98.9 cm³/mol. The Morgan fingerprint density at radius 2 is 1.69 bits per heavy atom. The molecule has 3 rings (SSSR count). The van der Waals surface area contributed by atoms with Crippen LogP contribution in [0.25, 0.3) is 0 Å². The number of benzene rings is 2. The number of halogens is 2. The summed E-state index contributed by atoms with van der Waals surface area (Å²) in [5.74, 6) is -0.845. The molecule has 6 nitrogen and oxygen atoms in total. The van der Waals surface area contributed by atoms with Crippen molar-refractivity contribution < 1.29 is 13.2 Å². The van der Waals surface area contributed by atoms with E-state index in [9.17, 15) is 13.2 Å². The first-order valence-electron chi connectivity index (χ1n) is 7.44. The number of rotatable bonds is 5. The summed E-state index contributed by atoms with van der Waals surface area (Å²) in [7, 11) is -4.10. The molecule has 1 heterocycles. The summed E-state index contributed by atoms with van der Waals surface area (Å²) >= 11 is 12.0. The van der Waals surface area contributed by atoms with Gasteiger partial charge in [-0.05, 0) is 23.8 Å². The Labute approximate surface area is 160 Å². The second-order valence-corrected chi connectivity index (χ2v) is 7.85. The van der Waals surface area contributed by atoms with Gasteiger partial charge in [0.2, 0.25) is 0 Å². The van der Waals surface area contributed by atoms with Crippen molar-refractivity contribution >= 4 is 39.1 Å². The highest BCUT2D eigenvalue weighted by molar-refractivity contribution is 7.90. The molecule has 1 amide bonds. The minimum Gasteiger partial charge on any atom is -0.332 e. The molecule has 0 saturated carbocycles. The Morgan fingerprint density at radius 1 is 1.04 bits per heavy atom. The van der Waals surface area contributed by atoms with E-state index >= 15 is 0 Å². The second kappa shape index (κ2) is 7.49. The highest BCUT2D eigenvalue weighted by atomic mass is 35.5. The summed E-state index contributed by atoms with van der Waals surface area (Å²) in [5, 5.41) is 0.616. The van der Waals surface area contributed by atoms with Gasteiger partial charge in [-0.15, -0.1) is 0 Å². The third kappa shape index (κ3) is 4.07. The number of nitrogens with zero attached hydrogens (tertiary/aromatic N) is 2. The molecule has 0 saturated heterocycles. The first-order valence-corrected chi connectivity index (χ1v) is 9.67. The number of imidazole rings is 1. The van der Waals surface area contributed by atoms with Crippen molar-refractivity contribution in [3.63, 3.8) is 0 Å². The Morgan fingerprint density at radius 3 is 2.38 bits per heavy atom. The first kappa shape index (κ1) is 18.4. The topological polar surface area (TPSA) is 81.1 Å². The maximum absolute atomic E-state index is 12.3. The number of nitrogens with one attached hydrogen (secondary N) is 1. The van der Waals surface area contributed by atoms with E-state index in [1.165, 1.54) is 30.7 Å². The van der Waals surface area contributed by atoms with E-state index in [-0.39, 0.29) is 15.6 Å². The summed E-state index contributed by atoms with van der Waals surface area (Å²) in [6.45, 7) is 0.400. The molecule has 2 aromatic carbocycles. The molecule has 9 heteroatoms. The molecule has 0 bridgehead atoms. The zero-order valence-electron chi connectivity index (χ0n) is 13.3. The molecule has 1 aromatic heterocycles. The smallest absolute Gasteiger partial charge is 0.285 e. The molecule has 0 aliphatic heterocycles. The molecule has 0 radical (unpaired) electrons. The van der Waals surface area contributed by atoms with Crippen molar-refractivity contribution in [1.82, 2.24) is 14.3 Å². The third-order valence-electron chi connectivity index (χ3n) is 3.53. The largest absolute Gasteiger partial charge is 0.332 e. The van der Waals surface area contributed by atoms with E-state index < -0.39 is 15.9 Å². The van der Waals surface area contributed by atoms with Gasteiger partial charge >= 0.3 is 0 Å². The van der Waals surface area contributed by atoms with Crippen LogP contribution < -0.4 is 4.72 Å². The quantitative estimate of drug-likeness (QED) is 0.700. The molecular weight excluding hydrogens is 397 g/mol. The summed E-state index contributed by atoms with van der Waals surface area (Å²) in [6, 6.07) is 13.1. The molecular formula is C17H13Cl2N3O3S. The van der Waals surface area contributed by atoms with E-state index in [0.717, 1.165) is 5.56 Å². The van der Waals surface area contributed by atoms with Gasteiger partial charge in [0.25, 0.3) is 15.9 Å². The maximum atomic E-state index is 12.3. The fourth-order valence-electron chi connectivity index (χ4n) is 2.28. The minimum atomic E-state index is -4.10. The van der Waals surface area contributed by atoms with E-state index in [1.54, 1.807) is 16.7 Å². The molecule has 0 atom stereocenters. The number of hydrogen-bond acceptors (Lipinski definition) is 4. The molecule has 134 valence electrons. The Hall–Kier alpha value is -2.35. The van der Waals surface area contributed by atoms with Crippen LogP contribution in [0.2, 0.25) is 10.0 Å². The van der Waals surface area contributed by atoms with Gasteiger partial charge in [0, 0.05) is 17.8 Å². The van der Waals surface area contributed by atoms with Crippen LogP contribution in [0.4, 0.5) is 0 Å². The molecule has 0 aliphatic rings. The van der Waals surface area contributed by atoms with Gasteiger partial charge in [-0.1, -0.05) is 53.5 Å². The van der Waals surface area contributed by atoms with Crippen molar-refractivity contribution in [1.29, 1.82) is 0 Å². The lowest BCUT2D eigenvalue weighted by molar-refractivity contribution is 0.0977. The third-order valence-corrected chi connectivity index (χ3v) is 5.73. The van der Waals surface area contributed by atoms with Crippen LogP contribution in [0, 0.1) is 0 Å². The van der Waals surface area contributed by atoms with Gasteiger partial charge < -0.3 is 4.57 Å². The summed E-state index contributed by atoms with van der Waals surface area (Å²) < 4.78 is 28.2. The van der Waals surface area contributed by atoms with Crippen LogP contribution in [0.3, 0.4) is 0 Å². The van der Waals surface area contributed by atoms with Gasteiger partial charge in [-0.2, -0.15) is 0 Å². The Bertz CT molecular complexity index is 1060. The number of carbonyl (C=O) groups excluding carboxylic acids is 1. The average Bonchev–Trinajstić information content (AvgIpc) is 3.05. The summed E-state index contributed by atoms with van der Waals surface area (Å²) in [5.41, 5.74) is 0.815. The number of amides is 1. The molecule has 1 N–H and O–H groups in total. The van der Waals surface area contributed by atoms with Gasteiger partial charge in [-0.3, -0.25) is 4.79 Å². The van der Waals surface area contributed by atoms with Crippen LogP contribution in [0.1, 0.15) is 16.1 Å². The molecule has 26 heavy (non-hydrogen) atoms. The van der Waals surface area contributed by atoms with Crippen LogP contribution >= 0.6 is 23.2 Å². The zero-order chi connectivity index (χ0) is 18.7. The van der Waals surface area contributed by atoms with E-state index in [0.29, 0.717) is 11.6 Å². The summed E-state index contributed by atoms with van der Waals surface area (Å²) in [4.78, 5) is 16.0. The van der Waals surface area contributed by atoms with E-state index in [1.807, 2.05) is 22.9 Å². The highest BCUT2D eigenvalue weighted by Gasteiger charge is 2.22. The van der Waals surface area contributed by atoms with E-state index in [2.05, 4.69) is 4.98 Å². The number of aromatic nitrogens is 2. The van der Waals surface area contributed by atoms with Gasteiger partial charge in [-0.25, -0.2) is 18.1 Å². The van der Waals surface area contributed by atoms with Crippen molar-refractivity contribution in [2.24, 2.45) is 0 Å². The average molecular weight is 410 g/mol. The lowest BCUT2D eigenvalue weighted by Crippen LogP contribution is -2.31. The first-order chi connectivity index (χ1) is 12.4. The van der Waals surface area contributed by atoms with E-state index in [4.69, 9.17) is 23.2 Å². The van der Waals surface area contributed by atoms with Gasteiger partial charge in [0.15, 0.2) is 0 Å². The van der Waals surface area contributed by atoms with Gasteiger partial charge in [0.1, 0.15) is 10.6 Å². The zero-order valence-corrected chi connectivity index (χ0v) is 15.6. The summed E-state index contributed by atoms with van der Waals surface area (Å²) in [6.07, 6.45) is 2.88. The van der Waals surface area contributed by atoms with Crippen molar-refractivity contribution in [3.8, 4) is 0 Å². The number of sulfonamides is 1. The standard InChI is InChI=1S/C17H13Cl2N3O3S/c18-13-6-2-1-5-12(13)9-22-10-15(20-11-22)17(23)21-26(24,25)16-8-4-3-7-14(16)19/h1-8,10-11H,9H2,(H,21,23). The van der Waals surface area contributed by atoms with Gasteiger partial charge in [0.05, 0.1) is 11.3 Å².